The molecule has 5 nitrogen and oxygen atoms in total. The van der Waals surface area contributed by atoms with Crippen molar-refractivity contribution in [3.8, 4) is 0 Å². The van der Waals surface area contributed by atoms with Crippen LogP contribution < -0.4 is 15.4 Å². The van der Waals surface area contributed by atoms with Crippen LogP contribution in [0.25, 0.3) is 0 Å². The third-order valence-corrected chi connectivity index (χ3v) is 2.86. The van der Waals surface area contributed by atoms with E-state index >= 15 is 0 Å². The zero-order chi connectivity index (χ0) is 10.1. The fourth-order valence-corrected chi connectivity index (χ4v) is 2.19. The van der Waals surface area contributed by atoms with Crippen LogP contribution in [-0.4, -0.2) is 17.4 Å². The van der Waals surface area contributed by atoms with Crippen LogP contribution in [0.4, 0.5) is 0 Å². The highest BCUT2D eigenvalue weighted by Gasteiger charge is 2.32. The van der Waals surface area contributed by atoms with Crippen LogP contribution >= 0.6 is 0 Å². The molecule has 0 amide bonds. The van der Waals surface area contributed by atoms with Gasteiger partial charge in [-0.1, -0.05) is 0 Å². The Bertz CT molecular complexity index is 347. The van der Waals surface area contributed by atoms with Crippen molar-refractivity contribution in [3.05, 3.63) is 16.6 Å². The Labute approximate surface area is 82.2 Å². The zero-order valence-electron chi connectivity index (χ0n) is 8.56. The fraction of sp³-hybridized carbons (Fsp3) is 0.778. The molecule has 0 aliphatic carbocycles. The average Bonchev–Trinajstić information content (AvgIpc) is 2.51. The third-order valence-electron chi connectivity index (χ3n) is 2.86. The molecule has 1 aliphatic heterocycles. The molecule has 1 N–H and O–H groups in total. The lowest BCUT2D eigenvalue weighted by Crippen LogP contribution is -2.67. The lowest BCUT2D eigenvalue weighted by molar-refractivity contribution is -0.766. The van der Waals surface area contributed by atoms with Crippen molar-refractivity contribution >= 4 is 0 Å². The van der Waals surface area contributed by atoms with Gasteiger partial charge >= 0.3 is 11.8 Å². The molecule has 5 heteroatoms. The molecule has 1 saturated heterocycles. The zero-order valence-corrected chi connectivity index (χ0v) is 8.56. The first-order chi connectivity index (χ1) is 6.68. The van der Waals surface area contributed by atoms with Crippen molar-refractivity contribution in [2.24, 2.45) is 0 Å². The number of nitrogens with zero attached hydrogens (tertiary/aromatic N) is 2. The molecule has 2 atom stereocenters. The van der Waals surface area contributed by atoms with Gasteiger partial charge in [0.15, 0.2) is 0 Å². The van der Waals surface area contributed by atoms with Crippen molar-refractivity contribution < 1.29 is 9.31 Å². The summed E-state index contributed by atoms with van der Waals surface area (Å²) in [6.45, 7) is 4.32. The van der Waals surface area contributed by atoms with Gasteiger partial charge in [-0.25, -0.2) is 4.79 Å². The summed E-state index contributed by atoms with van der Waals surface area (Å²) >= 11 is 0. The number of H-pyrrole nitrogens is 1. The van der Waals surface area contributed by atoms with Gasteiger partial charge in [0.1, 0.15) is 0 Å². The van der Waals surface area contributed by atoms with Crippen LogP contribution in [0.5, 0.6) is 0 Å². The normalized spacial score (nSPS) is 28.0. The molecule has 0 bridgehead atoms. The van der Waals surface area contributed by atoms with Gasteiger partial charge in [-0.15, -0.1) is 0 Å². The molecular weight excluding hydrogens is 182 g/mol. The molecule has 0 aromatic carbocycles. The fourth-order valence-electron chi connectivity index (χ4n) is 2.19. The number of aromatic amines is 1. The van der Waals surface area contributed by atoms with Crippen LogP contribution in [0.3, 0.4) is 0 Å². The van der Waals surface area contributed by atoms with Crippen LogP contribution in [0.15, 0.2) is 15.5 Å². The first-order valence-electron chi connectivity index (χ1n) is 5.07. The topological polar surface area (TPSA) is 53.1 Å². The highest BCUT2D eigenvalue weighted by Crippen LogP contribution is 2.17. The molecule has 1 aromatic rings. The second kappa shape index (κ2) is 3.48. The highest BCUT2D eigenvalue weighted by molar-refractivity contribution is 4.90. The van der Waals surface area contributed by atoms with Gasteiger partial charge in [0, 0.05) is 10.1 Å². The maximum absolute atomic E-state index is 10.9. The summed E-state index contributed by atoms with van der Waals surface area (Å²) in [6, 6.07) is 0.883. The molecule has 78 valence electrons. The number of nitrogens with one attached hydrogen (secondary N) is 1. The van der Waals surface area contributed by atoms with Gasteiger partial charge in [-0.05, 0) is 33.1 Å². The monoisotopic (exact) mass is 198 g/mol. The van der Waals surface area contributed by atoms with Gasteiger partial charge in [-0.3, -0.25) is 4.52 Å². The first kappa shape index (κ1) is 9.30. The Morgan fingerprint density at radius 2 is 2.14 bits per heavy atom. The second-order valence-electron chi connectivity index (χ2n) is 4.00. The van der Waals surface area contributed by atoms with E-state index in [1.807, 2.05) is 0 Å². The summed E-state index contributed by atoms with van der Waals surface area (Å²) in [4.78, 5) is 12.6. The number of hydrogen-bond donors (Lipinski definition) is 1. The van der Waals surface area contributed by atoms with Gasteiger partial charge < -0.3 is 0 Å². The van der Waals surface area contributed by atoms with E-state index in [2.05, 4.69) is 28.7 Å². The molecule has 0 radical (unpaired) electrons. The summed E-state index contributed by atoms with van der Waals surface area (Å²) in [5, 5.41) is 4.74. The molecule has 1 aliphatic rings. The third kappa shape index (κ3) is 1.54. The minimum Gasteiger partial charge on any atom is -0.281 e. The van der Waals surface area contributed by atoms with E-state index in [1.54, 1.807) is 4.79 Å². The van der Waals surface area contributed by atoms with E-state index in [0.29, 0.717) is 12.1 Å². The smallest absolute Gasteiger partial charge is 0.281 e. The lowest BCUT2D eigenvalue weighted by atomic mass is 10.00. The highest BCUT2D eigenvalue weighted by atomic mass is 16.5. The second-order valence-corrected chi connectivity index (χ2v) is 4.00. The largest absolute Gasteiger partial charge is 0.430 e. The molecule has 14 heavy (non-hydrogen) atoms. The van der Waals surface area contributed by atoms with Gasteiger partial charge in [0.05, 0.1) is 12.1 Å². The Kier molecular flexibility index (Phi) is 2.31. The van der Waals surface area contributed by atoms with E-state index < -0.39 is 0 Å². The Morgan fingerprint density at radius 1 is 1.50 bits per heavy atom. The van der Waals surface area contributed by atoms with Crippen molar-refractivity contribution in [3.63, 3.8) is 0 Å². The van der Waals surface area contributed by atoms with Gasteiger partial charge in [0.25, 0.3) is 0 Å². The van der Waals surface area contributed by atoms with Crippen molar-refractivity contribution in [2.45, 2.75) is 45.2 Å². The molecule has 1 aromatic heterocycles. The Balaban J connectivity index is 2.26. The van der Waals surface area contributed by atoms with E-state index in [9.17, 15) is 4.79 Å². The maximum atomic E-state index is 10.9. The molecule has 1 fully saturated rings. The SMILES string of the molecule is C[C@@H]1CCC[C@H](C)N1[n+]1cc(=O)o[nH]1. The standard InChI is InChI=1S/C9H15N3O2/c1-7-4-3-5-8(2)12(7)11-6-9(13)14-10-11/h6-8H,3-5H2,1-2H3/p+1/t7-,8+. The maximum Gasteiger partial charge on any atom is 0.430 e. The number of hydrogen-bond acceptors (Lipinski definition) is 3. The number of piperidine rings is 1. The first-order valence-corrected chi connectivity index (χ1v) is 5.07. The molecule has 0 unspecified atom stereocenters. The van der Waals surface area contributed by atoms with Gasteiger partial charge in [-0.2, -0.15) is 5.01 Å². The molecule has 2 rings (SSSR count). The van der Waals surface area contributed by atoms with Crippen LogP contribution in [0, 0.1) is 0 Å². The van der Waals surface area contributed by atoms with Gasteiger partial charge in [0.2, 0.25) is 0 Å². The Morgan fingerprint density at radius 3 is 2.64 bits per heavy atom. The lowest BCUT2D eigenvalue weighted by Gasteiger charge is -2.32. The van der Waals surface area contributed by atoms with Crippen molar-refractivity contribution in [2.75, 3.05) is 5.01 Å². The minimum absolute atomic E-state index is 0.338. The van der Waals surface area contributed by atoms with Crippen molar-refractivity contribution in [1.29, 1.82) is 0 Å². The van der Waals surface area contributed by atoms with Crippen molar-refractivity contribution in [1.82, 2.24) is 5.27 Å². The van der Waals surface area contributed by atoms with Crippen LogP contribution in [-0.2, 0) is 0 Å². The summed E-state index contributed by atoms with van der Waals surface area (Å²) in [6.07, 6.45) is 5.01. The molecule has 0 saturated carbocycles. The molecule has 2 heterocycles. The van der Waals surface area contributed by atoms with E-state index in [1.165, 1.54) is 12.6 Å². The quantitative estimate of drug-likeness (QED) is 0.654. The summed E-state index contributed by atoms with van der Waals surface area (Å²) in [7, 11) is 0. The summed E-state index contributed by atoms with van der Waals surface area (Å²) in [5.41, 5.74) is -0.338. The van der Waals surface area contributed by atoms with Crippen LogP contribution in [0.2, 0.25) is 0 Å². The average molecular weight is 198 g/mol. The Hall–Kier alpha value is -1.26. The minimum atomic E-state index is -0.338. The predicted octanol–water partition coefficient (Wildman–Crippen LogP) is 0.154. The number of aromatic nitrogens is 2. The number of rotatable bonds is 1. The van der Waals surface area contributed by atoms with E-state index in [0.717, 1.165) is 12.8 Å². The summed E-state index contributed by atoms with van der Waals surface area (Å²) < 4.78 is 4.66. The molecular formula is C9H16N3O2+. The predicted molar refractivity (Wildman–Crippen MR) is 50.5 cm³/mol. The van der Waals surface area contributed by atoms with Crippen LogP contribution in [0.1, 0.15) is 33.1 Å². The molecule has 0 spiro atoms. The summed E-state index contributed by atoms with van der Waals surface area (Å²) in [5.74, 6) is 0. The van der Waals surface area contributed by atoms with E-state index in [-0.39, 0.29) is 5.63 Å². The van der Waals surface area contributed by atoms with E-state index in [4.69, 9.17) is 0 Å².